The first-order chi connectivity index (χ1) is 14.0. The number of rotatable bonds is 5. The second-order valence-electron chi connectivity index (χ2n) is 7.52. The molecular formula is C22H26ClN3O4. The zero-order valence-corrected chi connectivity index (χ0v) is 17.9. The van der Waals surface area contributed by atoms with Crippen molar-refractivity contribution in [1.29, 1.82) is 0 Å². The Kier molecular flexibility index (Phi) is 6.53. The molecule has 2 heterocycles. The summed E-state index contributed by atoms with van der Waals surface area (Å²) in [5.74, 6) is 0.888. The predicted octanol–water partition coefficient (Wildman–Crippen LogP) is 4.97. The fourth-order valence-electron chi connectivity index (χ4n) is 4.32. The summed E-state index contributed by atoms with van der Waals surface area (Å²) in [5.41, 5.74) is 2.85. The number of benzene rings is 2. The van der Waals surface area contributed by atoms with Crippen LogP contribution in [0.25, 0.3) is 16.6 Å². The molecule has 160 valence electrons. The summed E-state index contributed by atoms with van der Waals surface area (Å²) in [6.07, 6.45) is 3.49. The van der Waals surface area contributed by atoms with Gasteiger partial charge < -0.3 is 14.4 Å². The fourth-order valence-corrected chi connectivity index (χ4v) is 4.32. The molecule has 0 saturated carbocycles. The van der Waals surface area contributed by atoms with Crippen LogP contribution in [0.3, 0.4) is 0 Å². The number of fused-ring (bicyclic) bond motifs is 1. The molecule has 1 N–H and O–H groups in total. The van der Waals surface area contributed by atoms with Crippen molar-refractivity contribution < 1.29 is 14.8 Å². The lowest BCUT2D eigenvalue weighted by molar-refractivity contribution is -0.383. The Labute approximate surface area is 181 Å². The van der Waals surface area contributed by atoms with Gasteiger partial charge in [0, 0.05) is 17.8 Å². The smallest absolute Gasteiger partial charge is 0.298 e. The second-order valence-corrected chi connectivity index (χ2v) is 7.52. The van der Waals surface area contributed by atoms with Crippen LogP contribution in [-0.2, 0) is 6.54 Å². The highest BCUT2D eigenvalue weighted by molar-refractivity contribution is 5.96. The Hall–Kier alpha value is -2.77. The van der Waals surface area contributed by atoms with E-state index in [1.807, 2.05) is 28.8 Å². The average molecular weight is 432 g/mol. The molecule has 0 aliphatic carbocycles. The maximum Gasteiger partial charge on any atom is 0.298 e. The fraction of sp³-hybridized carbons (Fsp3) is 0.364. The van der Waals surface area contributed by atoms with Gasteiger partial charge in [-0.2, -0.15) is 0 Å². The Morgan fingerprint density at radius 3 is 2.37 bits per heavy atom. The zero-order valence-electron chi connectivity index (χ0n) is 17.1. The maximum atomic E-state index is 11.9. The van der Waals surface area contributed by atoms with E-state index in [-0.39, 0.29) is 28.8 Å². The third kappa shape index (κ3) is 3.82. The highest BCUT2D eigenvalue weighted by Gasteiger charge is 2.28. The highest BCUT2D eigenvalue weighted by Crippen LogP contribution is 2.40. The SMILES string of the molecule is COc1ccc(-n2c(C)c([N+](=O)[O-])c3ccc(O)c(CN4CCCCC4)c32)cc1.Cl. The lowest BCUT2D eigenvalue weighted by atomic mass is 10.1. The molecular weight excluding hydrogens is 406 g/mol. The van der Waals surface area contributed by atoms with E-state index >= 15 is 0 Å². The van der Waals surface area contributed by atoms with Gasteiger partial charge in [-0.1, -0.05) is 6.42 Å². The molecule has 2 aromatic carbocycles. The van der Waals surface area contributed by atoms with Crippen molar-refractivity contribution in [1.82, 2.24) is 9.47 Å². The number of aromatic hydroxyl groups is 1. The van der Waals surface area contributed by atoms with Crippen molar-refractivity contribution >= 4 is 29.0 Å². The number of methoxy groups -OCH3 is 1. The van der Waals surface area contributed by atoms with E-state index in [1.54, 1.807) is 26.2 Å². The van der Waals surface area contributed by atoms with Crippen LogP contribution < -0.4 is 4.74 Å². The Morgan fingerprint density at radius 1 is 1.10 bits per heavy atom. The van der Waals surface area contributed by atoms with E-state index < -0.39 is 0 Å². The van der Waals surface area contributed by atoms with Gasteiger partial charge in [0.05, 0.1) is 28.6 Å². The van der Waals surface area contributed by atoms with E-state index in [9.17, 15) is 15.2 Å². The number of piperidine rings is 1. The van der Waals surface area contributed by atoms with Gasteiger partial charge in [-0.25, -0.2) is 0 Å². The molecule has 0 amide bonds. The molecule has 0 bridgehead atoms. The van der Waals surface area contributed by atoms with E-state index in [1.165, 1.54) is 6.42 Å². The molecule has 0 unspecified atom stereocenters. The van der Waals surface area contributed by atoms with E-state index in [0.717, 1.165) is 37.2 Å². The number of aromatic nitrogens is 1. The molecule has 7 nitrogen and oxygen atoms in total. The van der Waals surface area contributed by atoms with Gasteiger partial charge in [0.15, 0.2) is 0 Å². The topological polar surface area (TPSA) is 80.8 Å². The summed E-state index contributed by atoms with van der Waals surface area (Å²) < 4.78 is 7.13. The van der Waals surface area contributed by atoms with Gasteiger partial charge in [0.1, 0.15) is 11.5 Å². The van der Waals surface area contributed by atoms with Gasteiger partial charge in [-0.3, -0.25) is 15.0 Å². The third-order valence-electron chi connectivity index (χ3n) is 5.76. The quantitative estimate of drug-likeness (QED) is 0.455. The second kappa shape index (κ2) is 8.93. The van der Waals surface area contributed by atoms with Crippen LogP contribution in [0.2, 0.25) is 0 Å². The number of nitro groups is 1. The Balaban J connectivity index is 0.00000256. The van der Waals surface area contributed by atoms with E-state index in [2.05, 4.69) is 4.90 Å². The molecule has 1 saturated heterocycles. The van der Waals surface area contributed by atoms with Gasteiger partial charge >= 0.3 is 0 Å². The number of phenolic OH excluding ortho intramolecular Hbond substituents is 1. The van der Waals surface area contributed by atoms with Crippen molar-refractivity contribution in [3.05, 3.63) is 57.8 Å². The Bertz CT molecular complexity index is 1060. The zero-order chi connectivity index (χ0) is 20.5. The average Bonchev–Trinajstić information content (AvgIpc) is 3.03. The normalized spacial score (nSPS) is 14.5. The van der Waals surface area contributed by atoms with Crippen molar-refractivity contribution in [2.75, 3.05) is 20.2 Å². The van der Waals surface area contributed by atoms with Crippen molar-refractivity contribution in [2.24, 2.45) is 0 Å². The molecule has 1 aromatic heterocycles. The number of ether oxygens (including phenoxy) is 1. The first-order valence-corrected chi connectivity index (χ1v) is 9.88. The molecule has 8 heteroatoms. The number of likely N-dealkylation sites (tertiary alicyclic amines) is 1. The number of phenols is 1. The predicted molar refractivity (Wildman–Crippen MR) is 119 cm³/mol. The van der Waals surface area contributed by atoms with Crippen molar-refractivity contribution in [3.8, 4) is 17.2 Å². The molecule has 0 radical (unpaired) electrons. The van der Waals surface area contributed by atoms with E-state index in [4.69, 9.17) is 4.74 Å². The molecule has 1 aliphatic rings. The summed E-state index contributed by atoms with van der Waals surface area (Å²) in [4.78, 5) is 13.8. The van der Waals surface area contributed by atoms with Crippen LogP contribution in [0.5, 0.6) is 11.5 Å². The number of hydrogen-bond donors (Lipinski definition) is 1. The molecule has 4 rings (SSSR count). The number of nitrogens with zero attached hydrogens (tertiary/aromatic N) is 3. The molecule has 3 aromatic rings. The first-order valence-electron chi connectivity index (χ1n) is 9.88. The molecule has 1 fully saturated rings. The summed E-state index contributed by atoms with van der Waals surface area (Å²) in [6.45, 7) is 4.27. The standard InChI is InChI=1S/C22H25N3O4.ClH/c1-15-21(25(27)28)18-10-11-20(26)19(14-23-12-4-3-5-13-23)22(18)24(15)16-6-8-17(29-2)9-7-16;/h6-11,26H,3-5,12-14H2,1-2H3;1H. The van der Waals surface area contributed by atoms with Gasteiger partial charge in [-0.05, 0) is 69.3 Å². The van der Waals surface area contributed by atoms with Gasteiger partial charge in [0.25, 0.3) is 5.69 Å². The third-order valence-corrected chi connectivity index (χ3v) is 5.76. The van der Waals surface area contributed by atoms with Crippen LogP contribution in [0, 0.1) is 17.0 Å². The lowest BCUT2D eigenvalue weighted by Gasteiger charge is -2.27. The van der Waals surface area contributed by atoms with E-state index in [0.29, 0.717) is 28.9 Å². The number of hydrogen-bond acceptors (Lipinski definition) is 5. The maximum absolute atomic E-state index is 11.9. The van der Waals surface area contributed by atoms with Crippen LogP contribution in [-0.4, -0.2) is 39.7 Å². The van der Waals surface area contributed by atoms with Crippen molar-refractivity contribution in [3.63, 3.8) is 0 Å². The summed E-state index contributed by atoms with van der Waals surface area (Å²) in [6, 6.07) is 10.6. The van der Waals surface area contributed by atoms with Gasteiger partial charge in [-0.15, -0.1) is 12.4 Å². The van der Waals surface area contributed by atoms with Crippen LogP contribution >= 0.6 is 12.4 Å². The molecule has 30 heavy (non-hydrogen) atoms. The largest absolute Gasteiger partial charge is 0.508 e. The summed E-state index contributed by atoms with van der Waals surface area (Å²) >= 11 is 0. The molecule has 0 atom stereocenters. The Morgan fingerprint density at radius 2 is 1.77 bits per heavy atom. The number of halogens is 1. The minimum atomic E-state index is -0.334. The minimum absolute atomic E-state index is 0. The van der Waals surface area contributed by atoms with Gasteiger partial charge in [0.2, 0.25) is 0 Å². The molecule has 0 spiro atoms. The first kappa shape index (κ1) is 21.9. The van der Waals surface area contributed by atoms with Crippen LogP contribution in [0.4, 0.5) is 5.69 Å². The van der Waals surface area contributed by atoms with Crippen molar-refractivity contribution in [2.45, 2.75) is 32.7 Å². The molecule has 1 aliphatic heterocycles. The monoisotopic (exact) mass is 431 g/mol. The lowest BCUT2D eigenvalue weighted by Crippen LogP contribution is -2.29. The van der Waals surface area contributed by atoms with Crippen LogP contribution in [0.1, 0.15) is 30.5 Å². The summed E-state index contributed by atoms with van der Waals surface area (Å²) in [5, 5.41) is 23.1. The van der Waals surface area contributed by atoms with Crippen LogP contribution in [0.15, 0.2) is 36.4 Å². The minimum Gasteiger partial charge on any atom is -0.508 e. The summed E-state index contributed by atoms with van der Waals surface area (Å²) in [7, 11) is 1.60. The highest BCUT2D eigenvalue weighted by atomic mass is 35.5.